The third-order valence-corrected chi connectivity index (χ3v) is 4.40. The topological polar surface area (TPSA) is 116 Å². The molecule has 0 radical (unpaired) electrons. The quantitative estimate of drug-likeness (QED) is 0.497. The molecule has 160 valence electrons. The van der Waals surface area contributed by atoms with E-state index in [1.54, 1.807) is 49.8 Å². The predicted octanol–water partition coefficient (Wildman–Crippen LogP) is 3.43. The number of aromatic nitrogens is 3. The summed E-state index contributed by atoms with van der Waals surface area (Å²) in [6.07, 6.45) is 5.29. The maximum atomic E-state index is 9.33. The summed E-state index contributed by atoms with van der Waals surface area (Å²) in [4.78, 5) is 13.3. The van der Waals surface area contributed by atoms with Crippen molar-refractivity contribution < 1.29 is 14.2 Å². The van der Waals surface area contributed by atoms with Crippen molar-refractivity contribution in [2.75, 3.05) is 26.9 Å². The molecule has 0 aliphatic rings. The molecule has 2 aromatic heterocycles. The molecular weight excluding hydrogens is 394 g/mol. The van der Waals surface area contributed by atoms with E-state index in [4.69, 9.17) is 19.9 Å². The summed E-state index contributed by atoms with van der Waals surface area (Å²) < 4.78 is 16.7. The molecule has 0 aliphatic heterocycles. The first kappa shape index (κ1) is 22.2. The standard InChI is InChI=1S/C23H25N5O3/c1-16-10-19(12-22(28-16)30-9-8-29-2)31-21-11-17(13-25)5-6-20(21)23-26-14-18(15-27-23)4-3-7-24/h5-6,10-12,14-15H,3-4,7-9,24H2,1-2H3. The van der Waals surface area contributed by atoms with E-state index in [-0.39, 0.29) is 0 Å². The van der Waals surface area contributed by atoms with Crippen LogP contribution in [0.4, 0.5) is 0 Å². The van der Waals surface area contributed by atoms with E-state index in [0.29, 0.717) is 54.1 Å². The predicted molar refractivity (Wildman–Crippen MR) is 116 cm³/mol. The second-order valence-electron chi connectivity index (χ2n) is 6.86. The molecule has 3 aromatic rings. The Morgan fingerprint density at radius 2 is 1.90 bits per heavy atom. The highest BCUT2D eigenvalue weighted by molar-refractivity contribution is 5.66. The van der Waals surface area contributed by atoms with Crippen LogP contribution >= 0.6 is 0 Å². The van der Waals surface area contributed by atoms with Gasteiger partial charge in [-0.2, -0.15) is 5.26 Å². The molecule has 0 bridgehead atoms. The van der Waals surface area contributed by atoms with Crippen molar-refractivity contribution >= 4 is 0 Å². The van der Waals surface area contributed by atoms with Gasteiger partial charge in [0, 0.05) is 37.3 Å². The van der Waals surface area contributed by atoms with Gasteiger partial charge in [0.1, 0.15) is 18.1 Å². The largest absolute Gasteiger partial charge is 0.475 e. The number of hydrogen-bond donors (Lipinski definition) is 1. The molecule has 0 fully saturated rings. The van der Waals surface area contributed by atoms with E-state index in [2.05, 4.69) is 21.0 Å². The van der Waals surface area contributed by atoms with Crippen LogP contribution in [0.2, 0.25) is 0 Å². The lowest BCUT2D eigenvalue weighted by atomic mass is 10.1. The van der Waals surface area contributed by atoms with Crippen LogP contribution in [-0.4, -0.2) is 41.8 Å². The molecule has 3 rings (SSSR count). The van der Waals surface area contributed by atoms with E-state index < -0.39 is 0 Å². The number of nitriles is 1. The van der Waals surface area contributed by atoms with Gasteiger partial charge >= 0.3 is 0 Å². The number of ether oxygens (including phenoxy) is 3. The van der Waals surface area contributed by atoms with Crippen molar-refractivity contribution in [2.24, 2.45) is 5.73 Å². The van der Waals surface area contributed by atoms with Gasteiger partial charge < -0.3 is 19.9 Å². The molecule has 1 aromatic carbocycles. The summed E-state index contributed by atoms with van der Waals surface area (Å²) in [6.45, 7) is 3.31. The molecule has 0 aliphatic carbocycles. The van der Waals surface area contributed by atoms with Crippen LogP contribution in [0.3, 0.4) is 0 Å². The van der Waals surface area contributed by atoms with Gasteiger partial charge in [-0.25, -0.2) is 15.0 Å². The fraction of sp³-hybridized carbons (Fsp3) is 0.304. The second-order valence-corrected chi connectivity index (χ2v) is 6.86. The summed E-state index contributed by atoms with van der Waals surface area (Å²) in [7, 11) is 1.61. The average molecular weight is 419 g/mol. The van der Waals surface area contributed by atoms with Gasteiger partial charge in [-0.1, -0.05) is 0 Å². The lowest BCUT2D eigenvalue weighted by Gasteiger charge is -2.13. The summed E-state index contributed by atoms with van der Waals surface area (Å²) in [5, 5.41) is 9.33. The molecule has 2 heterocycles. The van der Waals surface area contributed by atoms with Gasteiger partial charge in [-0.05, 0) is 50.1 Å². The maximum Gasteiger partial charge on any atom is 0.217 e. The Balaban J connectivity index is 1.90. The van der Waals surface area contributed by atoms with Crippen LogP contribution in [0.1, 0.15) is 23.2 Å². The number of methoxy groups -OCH3 is 1. The SMILES string of the molecule is COCCOc1cc(Oc2cc(C#N)ccc2-c2ncc(CCCN)cn2)cc(C)n1. The monoisotopic (exact) mass is 419 g/mol. The van der Waals surface area contributed by atoms with Crippen LogP contribution in [0.25, 0.3) is 11.4 Å². The third-order valence-electron chi connectivity index (χ3n) is 4.40. The molecule has 8 heteroatoms. The van der Waals surface area contributed by atoms with E-state index in [1.165, 1.54) is 0 Å². The van der Waals surface area contributed by atoms with Gasteiger partial charge in [0.25, 0.3) is 0 Å². The average Bonchev–Trinajstić information content (AvgIpc) is 2.78. The van der Waals surface area contributed by atoms with E-state index in [1.807, 2.05) is 6.92 Å². The van der Waals surface area contributed by atoms with Crippen molar-refractivity contribution in [3.8, 4) is 34.8 Å². The first-order valence-corrected chi connectivity index (χ1v) is 9.96. The Bertz CT molecular complexity index is 1050. The number of nitrogens with zero attached hydrogens (tertiary/aromatic N) is 4. The van der Waals surface area contributed by atoms with Gasteiger partial charge in [-0.3, -0.25) is 0 Å². The second kappa shape index (κ2) is 11.0. The summed E-state index contributed by atoms with van der Waals surface area (Å²) in [5.41, 5.74) is 8.48. The zero-order valence-corrected chi connectivity index (χ0v) is 17.7. The van der Waals surface area contributed by atoms with Crippen LogP contribution in [-0.2, 0) is 11.2 Å². The van der Waals surface area contributed by atoms with Gasteiger partial charge in [0.15, 0.2) is 5.82 Å². The van der Waals surface area contributed by atoms with Crippen LogP contribution < -0.4 is 15.2 Å². The van der Waals surface area contributed by atoms with Crippen molar-refractivity contribution in [2.45, 2.75) is 19.8 Å². The molecule has 8 nitrogen and oxygen atoms in total. The molecule has 0 saturated carbocycles. The number of pyridine rings is 1. The van der Waals surface area contributed by atoms with Crippen LogP contribution in [0.15, 0.2) is 42.7 Å². The number of rotatable bonds is 10. The van der Waals surface area contributed by atoms with Crippen LogP contribution in [0.5, 0.6) is 17.4 Å². The third kappa shape index (κ3) is 6.22. The Morgan fingerprint density at radius 3 is 2.61 bits per heavy atom. The Kier molecular flexibility index (Phi) is 7.87. The normalized spacial score (nSPS) is 10.5. The van der Waals surface area contributed by atoms with Crippen molar-refractivity contribution in [1.82, 2.24) is 15.0 Å². The highest BCUT2D eigenvalue weighted by atomic mass is 16.5. The minimum Gasteiger partial charge on any atom is -0.475 e. The lowest BCUT2D eigenvalue weighted by molar-refractivity contribution is 0.143. The lowest BCUT2D eigenvalue weighted by Crippen LogP contribution is -2.06. The fourth-order valence-electron chi connectivity index (χ4n) is 2.89. The van der Waals surface area contributed by atoms with Crippen molar-refractivity contribution in [3.05, 3.63) is 59.5 Å². The summed E-state index contributed by atoms with van der Waals surface area (Å²) in [6, 6.07) is 10.8. The number of benzene rings is 1. The molecule has 0 amide bonds. The van der Waals surface area contributed by atoms with Crippen LogP contribution in [0, 0.1) is 18.3 Å². The molecule has 2 N–H and O–H groups in total. The van der Waals surface area contributed by atoms with E-state index in [9.17, 15) is 5.26 Å². The first-order valence-electron chi connectivity index (χ1n) is 9.96. The smallest absolute Gasteiger partial charge is 0.217 e. The highest BCUT2D eigenvalue weighted by Gasteiger charge is 2.13. The van der Waals surface area contributed by atoms with Gasteiger partial charge in [-0.15, -0.1) is 0 Å². The number of aryl methyl sites for hydroxylation is 2. The zero-order chi connectivity index (χ0) is 22.1. The minimum absolute atomic E-state index is 0.381. The Labute approximate surface area is 181 Å². The maximum absolute atomic E-state index is 9.33. The van der Waals surface area contributed by atoms with Gasteiger partial charge in [0.05, 0.1) is 23.8 Å². The fourth-order valence-corrected chi connectivity index (χ4v) is 2.89. The molecule has 0 unspecified atom stereocenters. The molecule has 0 spiro atoms. The molecule has 0 saturated heterocycles. The van der Waals surface area contributed by atoms with Crippen molar-refractivity contribution in [1.29, 1.82) is 5.26 Å². The first-order chi connectivity index (χ1) is 15.1. The Morgan fingerprint density at radius 1 is 1.10 bits per heavy atom. The minimum atomic E-state index is 0.381. The van der Waals surface area contributed by atoms with Crippen molar-refractivity contribution in [3.63, 3.8) is 0 Å². The van der Waals surface area contributed by atoms with E-state index in [0.717, 1.165) is 24.1 Å². The summed E-state index contributed by atoms with van der Waals surface area (Å²) in [5.74, 6) is 1.96. The highest BCUT2D eigenvalue weighted by Crippen LogP contribution is 2.33. The summed E-state index contributed by atoms with van der Waals surface area (Å²) >= 11 is 0. The molecule has 31 heavy (non-hydrogen) atoms. The zero-order valence-electron chi connectivity index (χ0n) is 17.7. The number of hydrogen-bond acceptors (Lipinski definition) is 8. The van der Waals surface area contributed by atoms with E-state index >= 15 is 0 Å². The number of nitrogens with two attached hydrogens (primary N) is 1. The molecular formula is C23H25N5O3. The molecule has 0 atom stereocenters. The van der Waals surface area contributed by atoms with Gasteiger partial charge in [0.2, 0.25) is 5.88 Å². The Hall–Kier alpha value is -3.54.